The Bertz CT molecular complexity index is 138. The van der Waals surface area contributed by atoms with Gasteiger partial charge in [-0.1, -0.05) is 0 Å². The summed E-state index contributed by atoms with van der Waals surface area (Å²) in [7, 11) is 0. The van der Waals surface area contributed by atoms with Gasteiger partial charge >= 0.3 is 53.6 Å². The molecule has 0 spiro atoms. The predicted molar refractivity (Wildman–Crippen MR) is 33.3 cm³/mol. The van der Waals surface area contributed by atoms with E-state index in [-0.39, 0.29) is 12.4 Å². The molecule has 1 rings (SSSR count). The molecule has 47 valence electrons. The zero-order valence-electron chi connectivity index (χ0n) is 4.11. The van der Waals surface area contributed by atoms with Crippen LogP contribution in [0.1, 0.15) is 0 Å². The van der Waals surface area contributed by atoms with E-state index in [4.69, 9.17) is 0 Å². The molecule has 1 aromatic carbocycles. The molecule has 0 aliphatic rings. The second kappa shape index (κ2) is 4.09. The van der Waals surface area contributed by atoms with Gasteiger partial charge in [0.2, 0.25) is 0 Å². The monoisotopic (exact) mass is 219 g/mol. The molecule has 0 bridgehead atoms. The molecule has 0 nitrogen and oxygen atoms in total. The van der Waals surface area contributed by atoms with Crippen molar-refractivity contribution >= 4 is 16.4 Å². The third-order valence-corrected chi connectivity index (χ3v) is 1.23. The molecule has 0 atom stereocenters. The van der Waals surface area contributed by atoms with Gasteiger partial charge in [0, 0.05) is 0 Å². The van der Waals surface area contributed by atoms with Crippen molar-refractivity contribution in [3.63, 3.8) is 0 Å². The summed E-state index contributed by atoms with van der Waals surface area (Å²) in [6, 6.07) is 10.0. The molecule has 1 aromatic rings. The summed E-state index contributed by atoms with van der Waals surface area (Å²) >= 11 is 3.07. The fourth-order valence-electron chi connectivity index (χ4n) is 0.403. The third kappa shape index (κ3) is 2.47. The van der Waals surface area contributed by atoms with Crippen LogP contribution < -0.4 is 4.04 Å². The van der Waals surface area contributed by atoms with Crippen LogP contribution in [0.4, 0.5) is 0 Å². The topological polar surface area (TPSA) is 0 Å². The number of hydrogen-bond donors (Lipinski definition) is 0. The summed E-state index contributed by atoms with van der Waals surface area (Å²) in [4.78, 5) is 0. The van der Waals surface area contributed by atoms with E-state index in [2.05, 4.69) is 19.2 Å². The Kier molecular flexibility index (Phi) is 4.18. The van der Waals surface area contributed by atoms with E-state index in [0.29, 0.717) is 0 Å². The van der Waals surface area contributed by atoms with Crippen LogP contribution in [0.25, 0.3) is 0 Å². The maximum atomic E-state index is 3.07. The average Bonchev–Trinajstić information content (AvgIpc) is 1.69. The Labute approximate surface area is 66.1 Å². The molecular weight excluding hydrogens is 214 g/mol. The molecule has 2 heteroatoms. The van der Waals surface area contributed by atoms with Gasteiger partial charge in [-0.05, 0) is 0 Å². The van der Waals surface area contributed by atoms with Gasteiger partial charge in [0.15, 0.2) is 0 Å². The van der Waals surface area contributed by atoms with E-state index in [9.17, 15) is 0 Å². The molecule has 0 fully saturated rings. The SMILES string of the molecule is Cl.[Pd][c]1ccccc1. The molecule has 8 heavy (non-hydrogen) atoms. The summed E-state index contributed by atoms with van der Waals surface area (Å²) in [6.45, 7) is 0. The van der Waals surface area contributed by atoms with E-state index in [1.807, 2.05) is 30.3 Å². The first-order valence-electron chi connectivity index (χ1n) is 2.07. The van der Waals surface area contributed by atoms with E-state index in [1.165, 1.54) is 4.04 Å². The molecule has 0 saturated carbocycles. The van der Waals surface area contributed by atoms with Crippen molar-refractivity contribution in [1.29, 1.82) is 0 Å². The van der Waals surface area contributed by atoms with Crippen LogP contribution in [0.3, 0.4) is 0 Å². The first-order valence-corrected chi connectivity index (χ1v) is 2.85. The van der Waals surface area contributed by atoms with Crippen LogP contribution >= 0.6 is 12.4 Å². The first-order chi connectivity index (χ1) is 3.39. The molecular formula is C6H6ClPd. The molecule has 0 saturated heterocycles. The Morgan fingerprint density at radius 3 is 1.75 bits per heavy atom. The molecule has 0 unspecified atom stereocenters. The Balaban J connectivity index is 0.000000490. The predicted octanol–water partition coefficient (Wildman–Crippen LogP) is 1.28. The van der Waals surface area contributed by atoms with Crippen molar-refractivity contribution in [3.05, 3.63) is 30.3 Å². The summed E-state index contributed by atoms with van der Waals surface area (Å²) in [5.41, 5.74) is 0. The van der Waals surface area contributed by atoms with E-state index in [1.54, 1.807) is 0 Å². The van der Waals surface area contributed by atoms with Gasteiger partial charge in [-0.2, -0.15) is 0 Å². The van der Waals surface area contributed by atoms with Gasteiger partial charge in [-0.3, -0.25) is 0 Å². The fraction of sp³-hybridized carbons (Fsp3) is 0. The Hall–Kier alpha value is 0.172. The van der Waals surface area contributed by atoms with Crippen molar-refractivity contribution in [1.82, 2.24) is 0 Å². The maximum absolute atomic E-state index is 3.07. The quantitative estimate of drug-likeness (QED) is 0.577. The van der Waals surface area contributed by atoms with Crippen molar-refractivity contribution < 1.29 is 19.2 Å². The van der Waals surface area contributed by atoms with Gasteiger partial charge in [0.05, 0.1) is 0 Å². The molecule has 0 radical (unpaired) electrons. The first kappa shape index (κ1) is 8.17. The molecule has 0 aliphatic carbocycles. The van der Waals surface area contributed by atoms with E-state index >= 15 is 0 Å². The summed E-state index contributed by atoms with van der Waals surface area (Å²) in [5, 5.41) is 0. The average molecular weight is 220 g/mol. The van der Waals surface area contributed by atoms with E-state index in [0.717, 1.165) is 0 Å². The van der Waals surface area contributed by atoms with Crippen molar-refractivity contribution in [2.45, 2.75) is 0 Å². The van der Waals surface area contributed by atoms with Crippen LogP contribution in [0, 0.1) is 0 Å². The molecule has 0 N–H and O–H groups in total. The molecule has 0 amide bonds. The van der Waals surface area contributed by atoms with Gasteiger partial charge in [0.1, 0.15) is 0 Å². The number of halogens is 1. The van der Waals surface area contributed by atoms with Gasteiger partial charge in [-0.15, -0.1) is 12.4 Å². The summed E-state index contributed by atoms with van der Waals surface area (Å²) < 4.78 is 1.17. The summed E-state index contributed by atoms with van der Waals surface area (Å²) in [6.07, 6.45) is 0. The third-order valence-electron chi connectivity index (χ3n) is 0.713. The molecule has 0 heterocycles. The standard InChI is InChI=1S/C6H5.ClH.Pd/c1-2-4-6-5-3-1;;/h1-5H;1H;. The Morgan fingerprint density at radius 1 is 1.00 bits per heavy atom. The van der Waals surface area contributed by atoms with Crippen LogP contribution in [0.15, 0.2) is 30.3 Å². The zero-order chi connectivity index (χ0) is 5.11. The van der Waals surface area contributed by atoms with Crippen molar-refractivity contribution in [2.24, 2.45) is 0 Å². The van der Waals surface area contributed by atoms with Gasteiger partial charge in [-0.25, -0.2) is 0 Å². The van der Waals surface area contributed by atoms with Gasteiger partial charge < -0.3 is 0 Å². The van der Waals surface area contributed by atoms with E-state index < -0.39 is 0 Å². The number of benzene rings is 1. The number of hydrogen-bond acceptors (Lipinski definition) is 0. The second-order valence-electron chi connectivity index (χ2n) is 1.26. The second-order valence-corrected chi connectivity index (χ2v) is 2.16. The van der Waals surface area contributed by atoms with Gasteiger partial charge in [0.25, 0.3) is 0 Å². The zero-order valence-corrected chi connectivity index (χ0v) is 6.48. The Morgan fingerprint density at radius 2 is 1.50 bits per heavy atom. The van der Waals surface area contributed by atoms with Crippen LogP contribution in [-0.4, -0.2) is 0 Å². The fourth-order valence-corrected chi connectivity index (χ4v) is 0.702. The minimum absolute atomic E-state index is 0. The normalized spacial score (nSPS) is 7.75. The van der Waals surface area contributed by atoms with Crippen molar-refractivity contribution in [2.75, 3.05) is 0 Å². The van der Waals surface area contributed by atoms with Crippen LogP contribution in [0.2, 0.25) is 0 Å². The number of rotatable bonds is 0. The summed E-state index contributed by atoms with van der Waals surface area (Å²) in [5.74, 6) is 0. The van der Waals surface area contributed by atoms with Crippen LogP contribution in [0.5, 0.6) is 0 Å². The van der Waals surface area contributed by atoms with Crippen molar-refractivity contribution in [3.8, 4) is 0 Å². The molecule has 0 aliphatic heterocycles. The molecule has 0 aromatic heterocycles. The van der Waals surface area contributed by atoms with Crippen LogP contribution in [-0.2, 0) is 19.2 Å². The minimum atomic E-state index is 0.